The second-order valence-corrected chi connectivity index (χ2v) is 7.31. The van der Waals surface area contributed by atoms with Crippen molar-refractivity contribution in [1.29, 1.82) is 0 Å². The predicted molar refractivity (Wildman–Crippen MR) is 120 cm³/mol. The Hall–Kier alpha value is -4.31. The molecule has 2 heterocycles. The summed E-state index contributed by atoms with van der Waals surface area (Å²) in [5, 5.41) is 4.17. The van der Waals surface area contributed by atoms with Crippen LogP contribution in [-0.2, 0) is 14.3 Å². The lowest BCUT2D eigenvalue weighted by atomic mass is 9.95. The molecule has 0 radical (unpaired) electrons. The number of nitrogens with zero attached hydrogens (tertiary/aromatic N) is 2. The highest BCUT2D eigenvalue weighted by molar-refractivity contribution is 6.21. The summed E-state index contributed by atoms with van der Waals surface area (Å²) in [5.41, 5.74) is -0.195. The van der Waals surface area contributed by atoms with E-state index in [0.29, 0.717) is 18.1 Å². The monoisotopic (exact) mass is 462 g/mol. The molecule has 1 aliphatic rings. The molecule has 1 aromatic heterocycles. The third-order valence-corrected chi connectivity index (χ3v) is 5.07. The number of amides is 4. The fraction of sp³-hybridized carbons (Fsp3) is 0.208. The normalized spacial score (nSPS) is 14.8. The fourth-order valence-corrected chi connectivity index (χ4v) is 3.34. The molecule has 2 N–H and O–H groups in total. The van der Waals surface area contributed by atoms with E-state index < -0.39 is 23.4 Å². The van der Waals surface area contributed by atoms with Crippen LogP contribution in [0.1, 0.15) is 13.3 Å². The Labute approximate surface area is 195 Å². The molecule has 0 spiro atoms. The quantitative estimate of drug-likeness (QED) is 0.367. The van der Waals surface area contributed by atoms with E-state index in [1.54, 1.807) is 37.4 Å². The Morgan fingerprint density at radius 2 is 1.47 bits per heavy atom. The minimum atomic E-state index is -1.93. The van der Waals surface area contributed by atoms with E-state index in [0.717, 1.165) is 11.3 Å². The second kappa shape index (κ2) is 10.1. The Morgan fingerprint density at radius 1 is 0.853 bits per heavy atom. The summed E-state index contributed by atoms with van der Waals surface area (Å²) >= 11 is 0. The van der Waals surface area contributed by atoms with Gasteiger partial charge in [-0.1, -0.05) is 0 Å². The molecule has 10 heteroatoms. The summed E-state index contributed by atoms with van der Waals surface area (Å²) < 4.78 is 17.0. The highest BCUT2D eigenvalue weighted by Crippen LogP contribution is 2.29. The highest BCUT2D eigenvalue weighted by Gasteiger charge is 2.52. The number of benzene rings is 2. The van der Waals surface area contributed by atoms with Gasteiger partial charge in [-0.05, 0) is 61.5 Å². The molecule has 2 aromatic carbocycles. The summed E-state index contributed by atoms with van der Waals surface area (Å²) in [6, 6.07) is 14.8. The third-order valence-electron chi connectivity index (χ3n) is 5.07. The van der Waals surface area contributed by atoms with Crippen LogP contribution in [0.15, 0.2) is 67.1 Å². The lowest BCUT2D eigenvalue weighted by Crippen LogP contribution is -2.69. The van der Waals surface area contributed by atoms with E-state index in [1.807, 2.05) is 30.3 Å². The van der Waals surface area contributed by atoms with Crippen molar-refractivity contribution in [1.82, 2.24) is 20.6 Å². The van der Waals surface area contributed by atoms with Gasteiger partial charge < -0.3 is 14.2 Å². The molecular formula is C24H22N4O6. The Balaban J connectivity index is 1.46. The number of carbonyl (C=O) groups is 3. The Bertz CT molecular complexity index is 1150. The topological polar surface area (TPSA) is 129 Å². The number of aromatic nitrogens is 2. The number of carbonyl (C=O) groups excluding carboxylic acids is 3. The van der Waals surface area contributed by atoms with Gasteiger partial charge in [0.05, 0.1) is 12.3 Å². The van der Waals surface area contributed by atoms with Crippen LogP contribution in [-0.4, -0.2) is 46.6 Å². The maximum Gasteiger partial charge on any atom is 0.328 e. The Morgan fingerprint density at radius 3 is 2.06 bits per heavy atom. The minimum absolute atomic E-state index is 0.0667. The van der Waals surface area contributed by atoms with Gasteiger partial charge in [0.15, 0.2) is 0 Å². The first-order chi connectivity index (χ1) is 16.5. The van der Waals surface area contributed by atoms with Gasteiger partial charge in [0.2, 0.25) is 0 Å². The van der Waals surface area contributed by atoms with Crippen molar-refractivity contribution in [2.75, 3.05) is 13.2 Å². The van der Waals surface area contributed by atoms with Crippen molar-refractivity contribution in [2.45, 2.75) is 18.9 Å². The van der Waals surface area contributed by atoms with E-state index >= 15 is 0 Å². The van der Waals surface area contributed by atoms with Crippen LogP contribution in [0.25, 0.3) is 11.3 Å². The van der Waals surface area contributed by atoms with E-state index in [9.17, 15) is 14.4 Å². The van der Waals surface area contributed by atoms with Crippen molar-refractivity contribution in [3.63, 3.8) is 0 Å². The van der Waals surface area contributed by atoms with Crippen LogP contribution in [0.5, 0.6) is 17.2 Å². The van der Waals surface area contributed by atoms with E-state index in [1.165, 1.54) is 6.33 Å². The van der Waals surface area contributed by atoms with Gasteiger partial charge in [-0.3, -0.25) is 20.2 Å². The first-order valence-corrected chi connectivity index (χ1v) is 10.6. The molecule has 4 rings (SSSR count). The predicted octanol–water partition coefficient (Wildman–Crippen LogP) is 2.85. The standard InChI is InChI=1S/C24H22N4O6/c1-2-32-14-12-24(21(29)27-23(31)28-22(24)30)34-19-9-7-18(8-10-19)33-17-5-3-16(4-6-17)20-11-13-25-15-26-20/h3-11,13,15H,2,12,14H2,1H3,(H2,27,28,29,30,31). The third kappa shape index (κ3) is 5.02. The van der Waals surface area contributed by atoms with Gasteiger partial charge in [-0.2, -0.15) is 0 Å². The number of hydrogen-bond donors (Lipinski definition) is 2. The largest absolute Gasteiger partial charge is 0.467 e. The number of ether oxygens (including phenoxy) is 3. The number of imide groups is 2. The molecule has 1 fully saturated rings. The van der Waals surface area contributed by atoms with Crippen molar-refractivity contribution < 1.29 is 28.6 Å². The molecule has 34 heavy (non-hydrogen) atoms. The number of hydrogen-bond acceptors (Lipinski definition) is 8. The van der Waals surface area contributed by atoms with Gasteiger partial charge in [0.25, 0.3) is 17.4 Å². The zero-order valence-electron chi connectivity index (χ0n) is 18.3. The van der Waals surface area contributed by atoms with Crippen LogP contribution in [0.2, 0.25) is 0 Å². The zero-order chi connectivity index (χ0) is 24.0. The summed E-state index contributed by atoms with van der Waals surface area (Å²) in [6.45, 7) is 2.29. The number of urea groups is 1. The van der Waals surface area contributed by atoms with Gasteiger partial charge >= 0.3 is 6.03 Å². The van der Waals surface area contributed by atoms with Crippen LogP contribution in [0.4, 0.5) is 4.79 Å². The van der Waals surface area contributed by atoms with Crippen LogP contribution < -0.4 is 20.1 Å². The van der Waals surface area contributed by atoms with E-state index in [2.05, 4.69) is 20.6 Å². The van der Waals surface area contributed by atoms with Gasteiger partial charge in [0.1, 0.15) is 23.6 Å². The van der Waals surface area contributed by atoms with Crippen molar-refractivity contribution in [3.8, 4) is 28.5 Å². The molecule has 1 aliphatic heterocycles. The minimum Gasteiger partial charge on any atom is -0.467 e. The van der Waals surface area contributed by atoms with Crippen LogP contribution in [0, 0.1) is 0 Å². The van der Waals surface area contributed by atoms with Gasteiger partial charge in [0, 0.05) is 24.8 Å². The first kappa shape index (κ1) is 22.9. The molecule has 10 nitrogen and oxygen atoms in total. The van der Waals surface area contributed by atoms with E-state index in [4.69, 9.17) is 14.2 Å². The SMILES string of the molecule is CCOCCC1(Oc2ccc(Oc3ccc(-c4ccncn4)cc3)cc2)C(=O)NC(=O)NC1=O. The number of barbiturate groups is 1. The molecule has 0 saturated carbocycles. The summed E-state index contributed by atoms with van der Waals surface area (Å²) in [4.78, 5) is 44.8. The molecular weight excluding hydrogens is 440 g/mol. The summed E-state index contributed by atoms with van der Waals surface area (Å²) in [5.74, 6) is -0.292. The molecule has 174 valence electrons. The van der Waals surface area contributed by atoms with Crippen LogP contribution >= 0.6 is 0 Å². The lowest BCUT2D eigenvalue weighted by Gasteiger charge is -2.34. The summed E-state index contributed by atoms with van der Waals surface area (Å²) in [7, 11) is 0. The van der Waals surface area contributed by atoms with Gasteiger partial charge in [-0.25, -0.2) is 14.8 Å². The highest BCUT2D eigenvalue weighted by atomic mass is 16.5. The lowest BCUT2D eigenvalue weighted by molar-refractivity contribution is -0.153. The molecule has 0 bridgehead atoms. The second-order valence-electron chi connectivity index (χ2n) is 7.31. The average molecular weight is 462 g/mol. The fourth-order valence-electron chi connectivity index (χ4n) is 3.34. The molecule has 4 amide bonds. The molecule has 0 atom stereocenters. The smallest absolute Gasteiger partial charge is 0.328 e. The van der Waals surface area contributed by atoms with E-state index in [-0.39, 0.29) is 18.8 Å². The summed E-state index contributed by atoms with van der Waals surface area (Å²) in [6.07, 6.45) is 3.10. The molecule has 0 aliphatic carbocycles. The average Bonchev–Trinajstić information content (AvgIpc) is 2.84. The molecule has 1 saturated heterocycles. The first-order valence-electron chi connectivity index (χ1n) is 10.6. The maximum atomic E-state index is 12.6. The number of rotatable bonds is 9. The molecule has 3 aromatic rings. The van der Waals surface area contributed by atoms with Crippen LogP contribution in [0.3, 0.4) is 0 Å². The van der Waals surface area contributed by atoms with Crippen molar-refractivity contribution >= 4 is 17.8 Å². The molecule has 0 unspecified atom stereocenters. The van der Waals surface area contributed by atoms with Crippen molar-refractivity contribution in [2.24, 2.45) is 0 Å². The zero-order valence-corrected chi connectivity index (χ0v) is 18.3. The maximum absolute atomic E-state index is 12.6. The van der Waals surface area contributed by atoms with Gasteiger partial charge in [-0.15, -0.1) is 0 Å². The van der Waals surface area contributed by atoms with Crippen molar-refractivity contribution in [3.05, 3.63) is 67.1 Å². The Kier molecular flexibility index (Phi) is 6.79. The number of nitrogens with one attached hydrogen (secondary N) is 2.